The van der Waals surface area contributed by atoms with E-state index in [0.29, 0.717) is 31.6 Å². The number of ether oxygens (including phenoxy) is 4. The van der Waals surface area contributed by atoms with Crippen LogP contribution < -0.4 is 0 Å². The molecule has 3 unspecified atom stereocenters. The van der Waals surface area contributed by atoms with Crippen LogP contribution >= 0.6 is 15.6 Å². The van der Waals surface area contributed by atoms with Gasteiger partial charge in [-0.1, -0.05) is 376 Å². The maximum atomic E-state index is 13.1. The topological polar surface area (TPSA) is 237 Å². The quantitative estimate of drug-likeness (QED) is 0.0222. The number of aliphatic hydroxyl groups is 1. The summed E-state index contributed by atoms with van der Waals surface area (Å²) in [5.41, 5.74) is 0. The van der Waals surface area contributed by atoms with Crippen LogP contribution in [0.4, 0.5) is 0 Å². The van der Waals surface area contributed by atoms with Crippen LogP contribution in [0.25, 0.3) is 0 Å². The molecule has 0 radical (unpaired) electrons. The molecular formula is C83H162O17P2. The zero-order chi connectivity index (χ0) is 75.3. The molecule has 102 heavy (non-hydrogen) atoms. The maximum Gasteiger partial charge on any atom is 0.472 e. The smallest absolute Gasteiger partial charge is 0.462 e. The van der Waals surface area contributed by atoms with Gasteiger partial charge in [0.25, 0.3) is 0 Å². The number of aliphatic hydroxyl groups excluding tert-OH is 1. The Morgan fingerprint density at radius 1 is 0.245 bits per heavy atom. The molecule has 0 bridgehead atoms. The number of hydrogen-bond acceptors (Lipinski definition) is 15. The highest BCUT2D eigenvalue weighted by Gasteiger charge is 2.30. The van der Waals surface area contributed by atoms with Gasteiger partial charge in [-0.15, -0.1) is 0 Å². The predicted octanol–water partition coefficient (Wildman–Crippen LogP) is 24.8. The number of esters is 4. The third-order valence-electron chi connectivity index (χ3n) is 19.3. The van der Waals surface area contributed by atoms with Crippen molar-refractivity contribution < 1.29 is 80.2 Å². The highest BCUT2D eigenvalue weighted by Crippen LogP contribution is 2.45. The van der Waals surface area contributed by atoms with E-state index in [-0.39, 0.29) is 25.7 Å². The van der Waals surface area contributed by atoms with Crippen LogP contribution in [0.5, 0.6) is 0 Å². The molecule has 0 aromatic rings. The van der Waals surface area contributed by atoms with Gasteiger partial charge in [-0.25, -0.2) is 9.13 Å². The van der Waals surface area contributed by atoms with Gasteiger partial charge in [-0.05, 0) is 49.4 Å². The van der Waals surface area contributed by atoms with Gasteiger partial charge < -0.3 is 33.8 Å². The van der Waals surface area contributed by atoms with Crippen molar-refractivity contribution in [3.05, 3.63) is 0 Å². The molecule has 0 heterocycles. The summed E-state index contributed by atoms with van der Waals surface area (Å²) in [6, 6.07) is 0. The van der Waals surface area contributed by atoms with Crippen molar-refractivity contribution in [2.24, 2.45) is 23.7 Å². The molecule has 0 aromatic heterocycles. The van der Waals surface area contributed by atoms with Gasteiger partial charge in [0.15, 0.2) is 12.2 Å². The summed E-state index contributed by atoms with van der Waals surface area (Å²) in [6.45, 7) is 14.3. The molecule has 0 amide bonds. The van der Waals surface area contributed by atoms with Crippen molar-refractivity contribution in [2.45, 2.75) is 446 Å². The fraction of sp³-hybridized carbons (Fsp3) is 0.952. The molecule has 19 heteroatoms. The van der Waals surface area contributed by atoms with Crippen molar-refractivity contribution >= 4 is 39.5 Å². The minimum Gasteiger partial charge on any atom is -0.462 e. The molecule has 0 aliphatic rings. The molecule has 5 atom stereocenters. The van der Waals surface area contributed by atoms with E-state index in [0.717, 1.165) is 114 Å². The highest BCUT2D eigenvalue weighted by atomic mass is 31.2. The molecule has 0 spiro atoms. The lowest BCUT2D eigenvalue weighted by molar-refractivity contribution is -0.161. The standard InChI is InChI=1S/C83H162O17P2/c1-73(2)59-51-43-35-29-23-17-11-9-13-21-27-33-39-49-57-65-82(87)99-78(69-93-80(85)63-55-47-38-32-26-20-16-15-19-25-31-37-45-53-61-75(5)6)71-97-101(89,90)95-67-77(84)68-96-102(91,92)98-72-79(70-94-81(86)64-56-48-42-41-46-54-62-76(7)8)100-83(88)66-58-50-40-34-28-22-14-10-12-18-24-30-36-44-52-60-74(3)4/h73-79,84H,9-72H2,1-8H3,(H,89,90)(H,91,92)/t77?,78-,79-/m1/s1. The van der Waals surface area contributed by atoms with Crippen LogP contribution in [0.3, 0.4) is 0 Å². The Balaban J connectivity index is 5.22. The Morgan fingerprint density at radius 3 is 0.608 bits per heavy atom. The fourth-order valence-corrected chi connectivity index (χ4v) is 14.4. The van der Waals surface area contributed by atoms with Crippen molar-refractivity contribution in [3.8, 4) is 0 Å². The Hall–Kier alpha value is -1.94. The van der Waals surface area contributed by atoms with E-state index in [9.17, 15) is 43.2 Å². The molecule has 0 rings (SSSR count). The third-order valence-corrected chi connectivity index (χ3v) is 21.2. The summed E-state index contributed by atoms with van der Waals surface area (Å²) < 4.78 is 68.8. The molecule has 3 N–H and O–H groups in total. The Bertz CT molecular complexity index is 1990. The van der Waals surface area contributed by atoms with Gasteiger partial charge in [0, 0.05) is 25.7 Å². The second kappa shape index (κ2) is 72.0. The molecule has 0 fully saturated rings. The van der Waals surface area contributed by atoms with E-state index in [2.05, 4.69) is 55.4 Å². The van der Waals surface area contributed by atoms with Gasteiger partial charge in [-0.2, -0.15) is 0 Å². The minimum absolute atomic E-state index is 0.106. The maximum absolute atomic E-state index is 13.1. The largest absolute Gasteiger partial charge is 0.472 e. The number of phosphoric acid groups is 2. The lowest BCUT2D eigenvalue weighted by Gasteiger charge is -2.21. The molecule has 0 aliphatic carbocycles. The van der Waals surface area contributed by atoms with Gasteiger partial charge in [0.2, 0.25) is 0 Å². The number of phosphoric ester groups is 2. The molecule has 0 aromatic carbocycles. The van der Waals surface area contributed by atoms with E-state index in [4.69, 9.17) is 37.0 Å². The van der Waals surface area contributed by atoms with Crippen LogP contribution in [0.15, 0.2) is 0 Å². The monoisotopic (exact) mass is 1490 g/mol. The third kappa shape index (κ3) is 76.3. The zero-order valence-corrected chi connectivity index (χ0v) is 69.0. The molecule has 17 nitrogen and oxygen atoms in total. The second-order valence-corrected chi connectivity index (χ2v) is 34.7. The number of carbonyl (C=O) groups is 4. The molecule has 0 aliphatic heterocycles. The first kappa shape index (κ1) is 100. The number of unbranched alkanes of at least 4 members (excludes halogenated alkanes) is 46. The van der Waals surface area contributed by atoms with Gasteiger partial charge in [-0.3, -0.25) is 37.3 Å². The summed E-state index contributed by atoms with van der Waals surface area (Å²) in [7, 11) is -9.92. The number of rotatable bonds is 80. The summed E-state index contributed by atoms with van der Waals surface area (Å²) in [5, 5.41) is 10.7. The molecule has 606 valence electrons. The van der Waals surface area contributed by atoms with Crippen LogP contribution in [0.2, 0.25) is 0 Å². The normalized spacial score (nSPS) is 14.0. The van der Waals surface area contributed by atoms with Gasteiger partial charge in [0.05, 0.1) is 26.4 Å². The second-order valence-electron chi connectivity index (χ2n) is 31.8. The summed E-state index contributed by atoms with van der Waals surface area (Å²) >= 11 is 0. The van der Waals surface area contributed by atoms with Crippen molar-refractivity contribution in [1.82, 2.24) is 0 Å². The molecule has 0 saturated carbocycles. The Labute approximate surface area is 626 Å². The van der Waals surface area contributed by atoms with Crippen molar-refractivity contribution in [2.75, 3.05) is 39.6 Å². The number of carbonyl (C=O) groups excluding carboxylic acids is 4. The first-order chi connectivity index (χ1) is 49.1. The van der Waals surface area contributed by atoms with Crippen LogP contribution in [-0.2, 0) is 65.4 Å². The van der Waals surface area contributed by atoms with E-state index in [1.807, 2.05) is 0 Å². The Morgan fingerprint density at radius 2 is 0.412 bits per heavy atom. The van der Waals surface area contributed by atoms with Crippen LogP contribution in [0, 0.1) is 23.7 Å². The SMILES string of the molecule is CC(C)CCCCCCCCCCCCCCCCCC(=O)O[C@H](COC(=O)CCCCCCCCCCCCCCCCC(C)C)COP(=O)(O)OCC(O)COP(=O)(O)OC[C@@H](COC(=O)CCCCCCCCC(C)C)OC(=O)CCCCCCCCCCCCCCCCCC(C)C. The van der Waals surface area contributed by atoms with E-state index in [1.165, 1.54) is 225 Å². The number of hydrogen-bond donors (Lipinski definition) is 3. The van der Waals surface area contributed by atoms with Gasteiger partial charge in [0.1, 0.15) is 19.3 Å². The lowest BCUT2D eigenvalue weighted by Crippen LogP contribution is -2.30. The first-order valence-electron chi connectivity index (χ1n) is 42.7. The van der Waals surface area contributed by atoms with Crippen molar-refractivity contribution in [3.63, 3.8) is 0 Å². The van der Waals surface area contributed by atoms with E-state index in [1.54, 1.807) is 0 Å². The van der Waals surface area contributed by atoms with E-state index < -0.39 is 97.5 Å². The lowest BCUT2D eigenvalue weighted by atomic mass is 10.0. The average Bonchev–Trinajstić information content (AvgIpc) is 0.919. The average molecular weight is 1490 g/mol. The first-order valence-corrected chi connectivity index (χ1v) is 45.7. The highest BCUT2D eigenvalue weighted by molar-refractivity contribution is 7.47. The predicted molar refractivity (Wildman–Crippen MR) is 418 cm³/mol. The zero-order valence-electron chi connectivity index (χ0n) is 67.2. The summed E-state index contributed by atoms with van der Waals surface area (Å²) in [5.74, 6) is 0.971. The summed E-state index contributed by atoms with van der Waals surface area (Å²) in [6.07, 6.45) is 59.8. The molecule has 0 saturated heterocycles. The van der Waals surface area contributed by atoms with Crippen molar-refractivity contribution in [1.29, 1.82) is 0 Å². The van der Waals surface area contributed by atoms with Gasteiger partial charge >= 0.3 is 39.5 Å². The fourth-order valence-electron chi connectivity index (χ4n) is 12.8. The van der Waals surface area contributed by atoms with Crippen LogP contribution in [-0.4, -0.2) is 96.7 Å². The minimum atomic E-state index is -4.96. The molecular weight excluding hydrogens is 1330 g/mol. The summed E-state index contributed by atoms with van der Waals surface area (Å²) in [4.78, 5) is 73.1. The van der Waals surface area contributed by atoms with Crippen LogP contribution in [0.1, 0.15) is 428 Å². The van der Waals surface area contributed by atoms with E-state index >= 15 is 0 Å². The Kier molecular flexibility index (Phi) is 70.6.